The van der Waals surface area contributed by atoms with Crippen LogP contribution in [0.4, 0.5) is 5.69 Å². The molecule has 0 bridgehead atoms. The average Bonchev–Trinajstić information content (AvgIpc) is 2.30. The molecule has 2 rings (SSSR count). The Morgan fingerprint density at radius 3 is 2.17 bits per heavy atom. The summed E-state index contributed by atoms with van der Waals surface area (Å²) >= 11 is 5.85. The van der Waals surface area contributed by atoms with Gasteiger partial charge in [-0.15, -0.1) is 0 Å². The van der Waals surface area contributed by atoms with Gasteiger partial charge in [0.2, 0.25) is 0 Å². The van der Waals surface area contributed by atoms with Gasteiger partial charge in [-0.25, -0.2) is 0 Å². The zero-order valence-electron chi connectivity index (χ0n) is 10.3. The van der Waals surface area contributed by atoms with E-state index in [0.29, 0.717) is 21.8 Å². The zero-order chi connectivity index (χ0) is 13.3. The maximum Gasteiger partial charge on any atom is 0.193 e. The number of ketones is 1. The third kappa shape index (κ3) is 2.54. The van der Waals surface area contributed by atoms with Gasteiger partial charge in [-0.05, 0) is 44.2 Å². The van der Waals surface area contributed by atoms with Crippen molar-refractivity contribution in [3.05, 3.63) is 63.7 Å². The second-order valence-corrected chi connectivity index (χ2v) is 4.85. The molecule has 0 atom stereocenters. The second kappa shape index (κ2) is 4.83. The lowest BCUT2D eigenvalue weighted by Gasteiger charge is -2.06. The van der Waals surface area contributed by atoms with Crippen LogP contribution in [-0.2, 0) is 0 Å². The molecule has 92 valence electrons. The minimum absolute atomic E-state index is 0.0369. The van der Waals surface area contributed by atoms with Gasteiger partial charge >= 0.3 is 0 Å². The van der Waals surface area contributed by atoms with Crippen LogP contribution in [-0.4, -0.2) is 5.78 Å². The van der Waals surface area contributed by atoms with Gasteiger partial charge in [0.05, 0.1) is 10.7 Å². The van der Waals surface area contributed by atoms with Gasteiger partial charge in [0.15, 0.2) is 5.78 Å². The van der Waals surface area contributed by atoms with Crippen molar-refractivity contribution < 1.29 is 4.79 Å². The summed E-state index contributed by atoms with van der Waals surface area (Å²) in [6.07, 6.45) is 0. The van der Waals surface area contributed by atoms with Crippen molar-refractivity contribution in [2.75, 3.05) is 5.73 Å². The summed E-state index contributed by atoms with van der Waals surface area (Å²) in [5, 5.41) is 0.465. The molecule has 0 aliphatic carbocycles. The van der Waals surface area contributed by atoms with E-state index >= 15 is 0 Å². The molecule has 0 radical (unpaired) electrons. The minimum atomic E-state index is -0.0369. The molecule has 0 aliphatic rings. The highest BCUT2D eigenvalue weighted by molar-refractivity contribution is 6.33. The maximum atomic E-state index is 12.3. The molecule has 0 heterocycles. The molecule has 0 saturated carbocycles. The molecule has 2 aromatic rings. The van der Waals surface area contributed by atoms with Crippen LogP contribution < -0.4 is 5.73 Å². The Labute approximate surface area is 111 Å². The van der Waals surface area contributed by atoms with Gasteiger partial charge in [-0.2, -0.15) is 0 Å². The Bertz CT molecular complexity index is 600. The molecular formula is C15H14ClNO. The minimum Gasteiger partial charge on any atom is -0.398 e. The molecule has 0 aliphatic heterocycles. The van der Waals surface area contributed by atoms with Gasteiger partial charge in [0, 0.05) is 11.1 Å². The number of halogens is 1. The summed E-state index contributed by atoms with van der Waals surface area (Å²) in [6.45, 7) is 3.94. The van der Waals surface area contributed by atoms with E-state index in [2.05, 4.69) is 0 Å². The first kappa shape index (κ1) is 12.7. The summed E-state index contributed by atoms with van der Waals surface area (Å²) in [5.74, 6) is -0.0369. The van der Waals surface area contributed by atoms with Gasteiger partial charge < -0.3 is 5.73 Å². The Kier molecular flexibility index (Phi) is 3.39. The fraction of sp³-hybridized carbons (Fsp3) is 0.133. The van der Waals surface area contributed by atoms with E-state index in [1.165, 1.54) is 0 Å². The SMILES string of the molecule is Cc1cc(C)cc(C(=O)c2ccc(Cl)c(N)c2)c1. The van der Waals surface area contributed by atoms with Crippen LogP contribution >= 0.6 is 11.6 Å². The Hall–Kier alpha value is -1.80. The predicted octanol–water partition coefficient (Wildman–Crippen LogP) is 3.77. The molecule has 0 aromatic heterocycles. The van der Waals surface area contributed by atoms with Crippen molar-refractivity contribution in [1.29, 1.82) is 0 Å². The number of anilines is 1. The summed E-state index contributed by atoms with van der Waals surface area (Å²) in [4.78, 5) is 12.3. The lowest BCUT2D eigenvalue weighted by Crippen LogP contribution is -2.03. The van der Waals surface area contributed by atoms with E-state index in [-0.39, 0.29) is 5.78 Å². The fourth-order valence-corrected chi connectivity index (χ4v) is 2.07. The predicted molar refractivity (Wildman–Crippen MR) is 75.2 cm³/mol. The standard InChI is InChI=1S/C15H14ClNO/c1-9-5-10(2)7-12(6-9)15(18)11-3-4-13(16)14(17)8-11/h3-8H,17H2,1-2H3. The van der Waals surface area contributed by atoms with E-state index in [9.17, 15) is 4.79 Å². The molecule has 2 aromatic carbocycles. The first-order valence-corrected chi connectivity index (χ1v) is 6.03. The number of aryl methyl sites for hydroxylation is 2. The zero-order valence-corrected chi connectivity index (χ0v) is 11.1. The van der Waals surface area contributed by atoms with Crippen LogP contribution in [0.5, 0.6) is 0 Å². The Balaban J connectivity index is 2.44. The van der Waals surface area contributed by atoms with E-state index in [1.54, 1.807) is 18.2 Å². The molecule has 0 fully saturated rings. The molecule has 3 heteroatoms. The van der Waals surface area contributed by atoms with E-state index in [0.717, 1.165) is 11.1 Å². The molecule has 0 saturated heterocycles. The van der Waals surface area contributed by atoms with E-state index in [1.807, 2.05) is 32.0 Å². The van der Waals surface area contributed by atoms with Crippen LogP contribution in [0.15, 0.2) is 36.4 Å². The highest BCUT2D eigenvalue weighted by Crippen LogP contribution is 2.22. The van der Waals surface area contributed by atoms with Crippen molar-refractivity contribution in [2.24, 2.45) is 0 Å². The van der Waals surface area contributed by atoms with E-state index in [4.69, 9.17) is 17.3 Å². The Morgan fingerprint density at radius 1 is 1.00 bits per heavy atom. The molecule has 0 spiro atoms. The summed E-state index contributed by atoms with van der Waals surface area (Å²) in [7, 11) is 0. The number of rotatable bonds is 2. The van der Waals surface area contributed by atoms with Crippen LogP contribution in [0, 0.1) is 13.8 Å². The van der Waals surface area contributed by atoms with E-state index < -0.39 is 0 Å². The monoisotopic (exact) mass is 259 g/mol. The van der Waals surface area contributed by atoms with Crippen LogP contribution in [0.2, 0.25) is 5.02 Å². The highest BCUT2D eigenvalue weighted by atomic mass is 35.5. The van der Waals surface area contributed by atoms with Gasteiger partial charge in [-0.1, -0.05) is 28.8 Å². The van der Waals surface area contributed by atoms with Crippen molar-refractivity contribution in [2.45, 2.75) is 13.8 Å². The second-order valence-electron chi connectivity index (χ2n) is 4.44. The third-order valence-electron chi connectivity index (χ3n) is 2.74. The Morgan fingerprint density at radius 2 is 1.61 bits per heavy atom. The van der Waals surface area contributed by atoms with Gasteiger partial charge in [0.1, 0.15) is 0 Å². The fourth-order valence-electron chi connectivity index (χ4n) is 1.96. The lowest BCUT2D eigenvalue weighted by molar-refractivity contribution is 0.103. The molecule has 0 unspecified atom stereocenters. The number of carbonyl (C=O) groups excluding carboxylic acids is 1. The summed E-state index contributed by atoms with van der Waals surface area (Å²) in [5.41, 5.74) is 9.51. The van der Waals surface area contributed by atoms with Crippen LogP contribution in [0.1, 0.15) is 27.0 Å². The van der Waals surface area contributed by atoms with Crippen LogP contribution in [0.3, 0.4) is 0 Å². The van der Waals surface area contributed by atoms with Crippen LogP contribution in [0.25, 0.3) is 0 Å². The normalized spacial score (nSPS) is 10.4. The molecular weight excluding hydrogens is 246 g/mol. The number of hydrogen-bond donors (Lipinski definition) is 1. The van der Waals surface area contributed by atoms with Crippen molar-refractivity contribution in [3.63, 3.8) is 0 Å². The molecule has 18 heavy (non-hydrogen) atoms. The number of carbonyl (C=O) groups is 1. The third-order valence-corrected chi connectivity index (χ3v) is 3.09. The largest absolute Gasteiger partial charge is 0.398 e. The molecule has 2 nitrogen and oxygen atoms in total. The maximum absolute atomic E-state index is 12.3. The number of nitrogens with two attached hydrogens (primary N) is 1. The highest BCUT2D eigenvalue weighted by Gasteiger charge is 2.11. The number of benzene rings is 2. The smallest absolute Gasteiger partial charge is 0.193 e. The first-order valence-electron chi connectivity index (χ1n) is 5.65. The van der Waals surface area contributed by atoms with Crippen molar-refractivity contribution in [1.82, 2.24) is 0 Å². The van der Waals surface area contributed by atoms with Crippen molar-refractivity contribution >= 4 is 23.1 Å². The topological polar surface area (TPSA) is 43.1 Å². The number of hydrogen-bond acceptors (Lipinski definition) is 2. The van der Waals surface area contributed by atoms with Crippen molar-refractivity contribution in [3.8, 4) is 0 Å². The molecule has 2 N–H and O–H groups in total. The quantitative estimate of drug-likeness (QED) is 0.659. The number of nitrogen functional groups attached to an aromatic ring is 1. The first-order chi connectivity index (χ1) is 8.47. The average molecular weight is 260 g/mol. The molecule has 0 amide bonds. The lowest BCUT2D eigenvalue weighted by atomic mass is 9.99. The van der Waals surface area contributed by atoms with Gasteiger partial charge in [-0.3, -0.25) is 4.79 Å². The van der Waals surface area contributed by atoms with Gasteiger partial charge in [0.25, 0.3) is 0 Å². The summed E-state index contributed by atoms with van der Waals surface area (Å²) in [6, 6.07) is 10.7. The summed E-state index contributed by atoms with van der Waals surface area (Å²) < 4.78 is 0.